The SMILES string of the molecule is CS(=O)(=O)c1ccc(CN2CCC3(CC[NH+](CC[C@H](NC(=O)C4CC4)c4ccccc4)CC3)C2=O)cc1. The smallest absolute Gasteiger partial charge is 0.229 e. The number of hydrogen-bond donors (Lipinski definition) is 2. The molecule has 5 rings (SSSR count). The van der Waals surface area contributed by atoms with Gasteiger partial charge in [-0.25, -0.2) is 8.42 Å². The van der Waals surface area contributed by atoms with Crippen molar-refractivity contribution in [2.24, 2.45) is 11.3 Å². The first-order valence-electron chi connectivity index (χ1n) is 13.5. The van der Waals surface area contributed by atoms with Crippen molar-refractivity contribution in [3.05, 3.63) is 65.7 Å². The van der Waals surface area contributed by atoms with Crippen LogP contribution in [0.2, 0.25) is 0 Å². The standard InChI is InChI=1S/C29H37N3O4S/c1-37(35,36)25-11-7-22(8-12-25)21-32-20-16-29(28(32)34)14-18-31(19-15-29)17-13-26(23-5-3-2-4-6-23)30-27(33)24-9-10-24/h2-8,11-12,24,26H,9-10,13-21H2,1H3,(H,30,33)/p+1/t26-/m0/s1. The normalized spacial score (nSPS) is 24.8. The Hall–Kier alpha value is -2.71. The lowest BCUT2D eigenvalue weighted by molar-refractivity contribution is -0.907. The molecule has 3 fully saturated rings. The van der Waals surface area contributed by atoms with Crippen LogP contribution in [0.3, 0.4) is 0 Å². The first-order valence-corrected chi connectivity index (χ1v) is 15.4. The Bertz CT molecular complexity index is 1220. The highest BCUT2D eigenvalue weighted by Crippen LogP contribution is 2.39. The molecule has 1 spiro atoms. The molecule has 0 radical (unpaired) electrons. The predicted octanol–water partition coefficient (Wildman–Crippen LogP) is 2.15. The Balaban J connectivity index is 1.14. The van der Waals surface area contributed by atoms with Crippen molar-refractivity contribution in [2.75, 3.05) is 32.4 Å². The summed E-state index contributed by atoms with van der Waals surface area (Å²) in [5.41, 5.74) is 1.87. The summed E-state index contributed by atoms with van der Waals surface area (Å²) in [7, 11) is -3.22. The van der Waals surface area contributed by atoms with Gasteiger partial charge in [-0.3, -0.25) is 9.59 Å². The molecule has 1 aliphatic carbocycles. The van der Waals surface area contributed by atoms with Gasteiger partial charge in [0.2, 0.25) is 11.8 Å². The van der Waals surface area contributed by atoms with Crippen molar-refractivity contribution >= 4 is 21.7 Å². The lowest BCUT2D eigenvalue weighted by Crippen LogP contribution is -3.13. The van der Waals surface area contributed by atoms with Gasteiger partial charge in [0.05, 0.1) is 36.0 Å². The first kappa shape index (κ1) is 25.9. The van der Waals surface area contributed by atoms with Crippen molar-refractivity contribution in [3.8, 4) is 0 Å². The largest absolute Gasteiger partial charge is 0.349 e. The zero-order valence-electron chi connectivity index (χ0n) is 21.6. The number of hydrogen-bond acceptors (Lipinski definition) is 4. The van der Waals surface area contributed by atoms with Gasteiger partial charge < -0.3 is 15.1 Å². The molecule has 0 bridgehead atoms. The fraction of sp³-hybridized carbons (Fsp3) is 0.517. The number of sulfone groups is 1. The summed E-state index contributed by atoms with van der Waals surface area (Å²) in [6, 6.07) is 17.2. The second kappa shape index (κ2) is 10.6. The molecule has 2 aromatic rings. The molecule has 2 amide bonds. The molecule has 198 valence electrons. The summed E-state index contributed by atoms with van der Waals surface area (Å²) in [5, 5.41) is 3.28. The van der Waals surface area contributed by atoms with E-state index in [1.165, 1.54) is 11.2 Å². The quantitative estimate of drug-likeness (QED) is 0.526. The molecule has 2 N–H and O–H groups in total. The number of rotatable bonds is 9. The van der Waals surface area contributed by atoms with Crippen molar-refractivity contribution < 1.29 is 22.9 Å². The van der Waals surface area contributed by atoms with Gasteiger partial charge >= 0.3 is 0 Å². The molecular formula is C29H38N3O4S+. The van der Waals surface area contributed by atoms with E-state index < -0.39 is 9.84 Å². The topological polar surface area (TPSA) is 88.0 Å². The van der Waals surface area contributed by atoms with Crippen molar-refractivity contribution in [2.45, 2.75) is 56.0 Å². The Morgan fingerprint density at radius 2 is 1.73 bits per heavy atom. The number of quaternary nitrogens is 1. The molecule has 3 aliphatic rings. The monoisotopic (exact) mass is 524 g/mol. The van der Waals surface area contributed by atoms with Crippen LogP contribution in [-0.4, -0.2) is 57.6 Å². The van der Waals surface area contributed by atoms with Crippen LogP contribution in [0.4, 0.5) is 0 Å². The highest BCUT2D eigenvalue weighted by molar-refractivity contribution is 7.90. The Morgan fingerprint density at radius 1 is 1.05 bits per heavy atom. The molecule has 1 atom stereocenters. The Kier molecular flexibility index (Phi) is 7.41. The zero-order valence-corrected chi connectivity index (χ0v) is 22.4. The van der Waals surface area contributed by atoms with Gasteiger partial charge in [0.15, 0.2) is 9.84 Å². The highest BCUT2D eigenvalue weighted by atomic mass is 32.2. The third-order valence-electron chi connectivity index (χ3n) is 8.49. The molecule has 0 unspecified atom stereocenters. The summed E-state index contributed by atoms with van der Waals surface area (Å²) in [4.78, 5) is 29.7. The molecule has 7 nitrogen and oxygen atoms in total. The van der Waals surface area contributed by atoms with Crippen molar-refractivity contribution in [1.29, 1.82) is 0 Å². The Morgan fingerprint density at radius 3 is 2.35 bits per heavy atom. The summed E-state index contributed by atoms with van der Waals surface area (Å²) in [6.45, 7) is 4.21. The van der Waals surface area contributed by atoms with Gasteiger partial charge in [0.1, 0.15) is 0 Å². The maximum Gasteiger partial charge on any atom is 0.229 e. The van der Waals surface area contributed by atoms with Gasteiger partial charge in [0, 0.05) is 44.5 Å². The number of nitrogens with one attached hydrogen (secondary N) is 2. The maximum absolute atomic E-state index is 13.4. The molecule has 37 heavy (non-hydrogen) atoms. The average Bonchev–Trinajstić information content (AvgIpc) is 3.71. The number of carbonyl (C=O) groups excluding carboxylic acids is 2. The van der Waals surface area contributed by atoms with Crippen LogP contribution in [0, 0.1) is 11.3 Å². The van der Waals surface area contributed by atoms with E-state index in [4.69, 9.17) is 0 Å². The van der Waals surface area contributed by atoms with Crippen LogP contribution in [0.15, 0.2) is 59.5 Å². The first-order chi connectivity index (χ1) is 17.7. The van der Waals surface area contributed by atoms with E-state index in [9.17, 15) is 18.0 Å². The molecule has 2 saturated heterocycles. The summed E-state index contributed by atoms with van der Waals surface area (Å²) >= 11 is 0. The summed E-state index contributed by atoms with van der Waals surface area (Å²) in [6.07, 6.45) is 6.80. The van der Waals surface area contributed by atoms with Gasteiger partial charge in [-0.1, -0.05) is 42.5 Å². The van der Waals surface area contributed by atoms with Crippen LogP contribution in [0.25, 0.3) is 0 Å². The molecule has 8 heteroatoms. The van der Waals surface area contributed by atoms with Gasteiger partial charge in [0.25, 0.3) is 0 Å². The van der Waals surface area contributed by atoms with Crippen molar-refractivity contribution in [1.82, 2.24) is 10.2 Å². The number of amides is 2. The van der Waals surface area contributed by atoms with Gasteiger partial charge in [-0.05, 0) is 42.5 Å². The molecule has 2 aliphatic heterocycles. The fourth-order valence-electron chi connectivity index (χ4n) is 5.89. The second-order valence-corrected chi connectivity index (χ2v) is 13.2. The summed E-state index contributed by atoms with van der Waals surface area (Å²) < 4.78 is 23.4. The van der Waals surface area contributed by atoms with Crippen LogP contribution >= 0.6 is 0 Å². The number of benzene rings is 2. The average molecular weight is 525 g/mol. The Labute approximate surface area is 220 Å². The van der Waals surface area contributed by atoms with E-state index >= 15 is 0 Å². The third kappa shape index (κ3) is 6.07. The van der Waals surface area contributed by atoms with Crippen LogP contribution < -0.4 is 10.2 Å². The summed E-state index contributed by atoms with van der Waals surface area (Å²) in [5.74, 6) is 0.629. The van der Waals surface area contributed by atoms with E-state index in [2.05, 4.69) is 17.4 Å². The van der Waals surface area contributed by atoms with Crippen LogP contribution in [-0.2, 0) is 26.0 Å². The molecule has 0 aromatic heterocycles. The fourth-order valence-corrected chi connectivity index (χ4v) is 6.52. The predicted molar refractivity (Wildman–Crippen MR) is 141 cm³/mol. The van der Waals surface area contributed by atoms with E-state index in [-0.39, 0.29) is 29.2 Å². The van der Waals surface area contributed by atoms with Crippen molar-refractivity contribution in [3.63, 3.8) is 0 Å². The van der Waals surface area contributed by atoms with Crippen LogP contribution in [0.5, 0.6) is 0 Å². The molecule has 2 heterocycles. The van der Waals surface area contributed by atoms with Crippen LogP contribution in [0.1, 0.15) is 55.7 Å². The maximum atomic E-state index is 13.4. The number of likely N-dealkylation sites (tertiary alicyclic amines) is 2. The van der Waals surface area contributed by atoms with E-state index in [1.54, 1.807) is 12.1 Å². The van der Waals surface area contributed by atoms with E-state index in [0.29, 0.717) is 11.4 Å². The number of piperidine rings is 1. The molecule has 2 aromatic carbocycles. The lowest BCUT2D eigenvalue weighted by atomic mass is 9.77. The minimum absolute atomic E-state index is 0.0374. The minimum atomic E-state index is -3.22. The third-order valence-corrected chi connectivity index (χ3v) is 9.62. The van der Waals surface area contributed by atoms with Gasteiger partial charge in [-0.15, -0.1) is 0 Å². The molecular weight excluding hydrogens is 486 g/mol. The molecule has 1 saturated carbocycles. The lowest BCUT2D eigenvalue weighted by Gasteiger charge is -2.36. The minimum Gasteiger partial charge on any atom is -0.349 e. The second-order valence-electron chi connectivity index (χ2n) is 11.2. The zero-order chi connectivity index (χ0) is 26.0. The van der Waals surface area contributed by atoms with E-state index in [0.717, 1.165) is 75.8 Å². The van der Waals surface area contributed by atoms with E-state index in [1.807, 2.05) is 35.2 Å². The number of carbonyl (C=O) groups is 2. The number of nitrogens with zero attached hydrogens (tertiary/aromatic N) is 1. The highest BCUT2D eigenvalue weighted by Gasteiger charge is 2.49. The van der Waals surface area contributed by atoms with Gasteiger partial charge in [-0.2, -0.15) is 0 Å².